The molecule has 2 aliphatic rings. The van der Waals surface area contributed by atoms with Crippen LogP contribution in [0.1, 0.15) is 65.9 Å². The third-order valence-electron chi connectivity index (χ3n) is 8.06. The molecule has 0 aliphatic carbocycles. The number of piperidine rings is 1. The molecule has 0 unspecified atom stereocenters. The monoisotopic (exact) mass is 653 g/mol. The summed E-state index contributed by atoms with van der Waals surface area (Å²) < 4.78 is 46.1. The number of carbonyl (C=O) groups is 5. The van der Waals surface area contributed by atoms with Gasteiger partial charge in [-0.1, -0.05) is 44.2 Å². The van der Waals surface area contributed by atoms with Crippen molar-refractivity contribution in [1.29, 1.82) is 0 Å². The Kier molecular flexibility index (Phi) is 12.7. The molecule has 0 radical (unpaired) electrons. The van der Waals surface area contributed by atoms with Crippen molar-refractivity contribution in [2.45, 2.75) is 103 Å². The fourth-order valence-electron chi connectivity index (χ4n) is 5.76. The number of ketones is 1. The average Bonchev–Trinajstić information content (AvgIpc) is 3.46. The van der Waals surface area contributed by atoms with Gasteiger partial charge in [0.25, 0.3) is 5.78 Å². The van der Waals surface area contributed by atoms with Crippen LogP contribution in [0.3, 0.4) is 0 Å². The summed E-state index contributed by atoms with van der Waals surface area (Å²) in [5.74, 6) is -4.32. The van der Waals surface area contributed by atoms with E-state index in [2.05, 4.69) is 16.0 Å². The highest BCUT2D eigenvalue weighted by Crippen LogP contribution is 2.28. The number of halogens is 3. The van der Waals surface area contributed by atoms with E-state index in [0.717, 1.165) is 0 Å². The number of ether oxygens (including phenoxy) is 1. The van der Waals surface area contributed by atoms with Gasteiger partial charge in [-0.15, -0.1) is 0 Å². The summed E-state index contributed by atoms with van der Waals surface area (Å²) >= 11 is 0. The third-order valence-corrected chi connectivity index (χ3v) is 8.06. The Morgan fingerprint density at radius 1 is 0.957 bits per heavy atom. The van der Waals surface area contributed by atoms with Crippen LogP contribution in [0.5, 0.6) is 0 Å². The number of hydrogen-bond acceptors (Lipinski definition) is 8. The predicted molar refractivity (Wildman–Crippen MR) is 163 cm³/mol. The van der Waals surface area contributed by atoms with Gasteiger partial charge in [0.05, 0.1) is 18.6 Å². The number of alkyl halides is 3. The zero-order valence-corrected chi connectivity index (χ0v) is 27.1. The van der Waals surface area contributed by atoms with E-state index < -0.39 is 59.4 Å². The molecule has 3 rings (SSSR count). The quantitative estimate of drug-likeness (QED) is 0.310. The number of rotatable bonds is 11. The molecule has 0 bridgehead atoms. The van der Waals surface area contributed by atoms with Gasteiger partial charge < -0.3 is 20.3 Å². The van der Waals surface area contributed by atoms with Gasteiger partial charge in [0.15, 0.2) is 0 Å². The zero-order valence-electron chi connectivity index (χ0n) is 27.1. The van der Waals surface area contributed by atoms with Crippen molar-refractivity contribution in [2.24, 2.45) is 5.92 Å². The Morgan fingerprint density at radius 3 is 2.15 bits per heavy atom. The van der Waals surface area contributed by atoms with E-state index in [9.17, 15) is 37.1 Å². The van der Waals surface area contributed by atoms with Crippen molar-refractivity contribution >= 4 is 29.6 Å². The van der Waals surface area contributed by atoms with Gasteiger partial charge in [-0.25, -0.2) is 4.79 Å². The average molecular weight is 654 g/mol. The fourth-order valence-corrected chi connectivity index (χ4v) is 5.76. The number of hydrogen-bond donors (Lipinski definition) is 3. The Hall–Kier alpha value is -3.52. The molecule has 2 aliphatic heterocycles. The van der Waals surface area contributed by atoms with E-state index in [-0.39, 0.29) is 37.9 Å². The molecule has 46 heavy (non-hydrogen) atoms. The standard InChI is InChI=1S/C32H46F3N5O6/c1-20(2)26(37-30(45)39-16-13-22(14-17-39)36-19-25(41)46-31(3,4)5)29(44)38-28(43)23-12-9-15-40(23)24(27(42)32(33,34)35)18-21-10-7-6-8-11-21/h6-8,10-11,20,22-24,26,36H,9,12-19H2,1-5H3,(H,37,45)(H,38,43,44)/t23-,24+,26-/m0/s1. The number of nitrogens with zero attached hydrogens (tertiary/aromatic N) is 2. The van der Waals surface area contributed by atoms with Crippen molar-refractivity contribution in [3.05, 3.63) is 35.9 Å². The summed E-state index contributed by atoms with van der Waals surface area (Å²) in [5, 5.41) is 8.13. The molecule has 4 amide bonds. The van der Waals surface area contributed by atoms with E-state index in [1.165, 1.54) is 4.90 Å². The van der Waals surface area contributed by atoms with Gasteiger partial charge in [0.1, 0.15) is 11.6 Å². The molecule has 2 fully saturated rings. The van der Waals surface area contributed by atoms with E-state index in [1.54, 1.807) is 69.9 Å². The highest BCUT2D eigenvalue weighted by Gasteiger charge is 2.49. The van der Waals surface area contributed by atoms with Crippen LogP contribution in [0, 0.1) is 5.92 Å². The molecule has 1 aromatic carbocycles. The topological polar surface area (TPSA) is 137 Å². The van der Waals surface area contributed by atoms with Crippen molar-refractivity contribution in [3.8, 4) is 0 Å². The number of nitrogens with one attached hydrogen (secondary N) is 3. The predicted octanol–water partition coefficient (Wildman–Crippen LogP) is 2.97. The first-order valence-corrected chi connectivity index (χ1v) is 15.7. The second kappa shape index (κ2) is 15.9. The Morgan fingerprint density at radius 2 is 1.59 bits per heavy atom. The van der Waals surface area contributed by atoms with Crippen molar-refractivity contribution in [1.82, 2.24) is 25.8 Å². The number of carbonyl (C=O) groups excluding carboxylic acids is 5. The number of amides is 4. The second-order valence-electron chi connectivity index (χ2n) is 13.2. The number of esters is 1. The Balaban J connectivity index is 1.59. The molecule has 0 aromatic heterocycles. The number of Topliss-reactive ketones (excluding diaryl/α,β-unsaturated/α-hetero) is 1. The van der Waals surface area contributed by atoms with Crippen LogP contribution >= 0.6 is 0 Å². The van der Waals surface area contributed by atoms with Crippen LogP contribution in [-0.4, -0.2) is 102 Å². The Labute approximate surface area is 267 Å². The largest absolute Gasteiger partial charge is 0.459 e. The molecule has 14 heteroatoms. The van der Waals surface area contributed by atoms with E-state index in [4.69, 9.17) is 4.74 Å². The van der Waals surface area contributed by atoms with Crippen molar-refractivity contribution in [3.63, 3.8) is 0 Å². The first-order valence-electron chi connectivity index (χ1n) is 15.7. The number of imide groups is 1. The normalized spacial score (nSPS) is 19.4. The minimum absolute atomic E-state index is 0.00249. The molecule has 3 N–H and O–H groups in total. The highest BCUT2D eigenvalue weighted by molar-refractivity contribution is 6.01. The molecule has 11 nitrogen and oxygen atoms in total. The summed E-state index contributed by atoms with van der Waals surface area (Å²) in [7, 11) is 0. The lowest BCUT2D eigenvalue weighted by Crippen LogP contribution is -2.59. The lowest BCUT2D eigenvalue weighted by atomic mass is 9.99. The van der Waals surface area contributed by atoms with Gasteiger partial charge in [0, 0.05) is 19.1 Å². The molecule has 2 saturated heterocycles. The van der Waals surface area contributed by atoms with Crippen LogP contribution in [0.15, 0.2) is 30.3 Å². The first-order chi connectivity index (χ1) is 21.5. The van der Waals surface area contributed by atoms with Crippen LogP contribution in [0.4, 0.5) is 18.0 Å². The molecule has 0 spiro atoms. The number of likely N-dealkylation sites (tertiary alicyclic amines) is 2. The highest BCUT2D eigenvalue weighted by atomic mass is 19.4. The lowest BCUT2D eigenvalue weighted by molar-refractivity contribution is -0.177. The van der Waals surface area contributed by atoms with Crippen molar-refractivity contribution in [2.75, 3.05) is 26.2 Å². The maximum atomic E-state index is 13.6. The summed E-state index contributed by atoms with van der Waals surface area (Å²) in [6, 6.07) is 3.92. The zero-order chi connectivity index (χ0) is 34.2. The smallest absolute Gasteiger partial charge is 0.451 e. The minimum Gasteiger partial charge on any atom is -0.459 e. The van der Waals surface area contributed by atoms with Gasteiger partial charge in [-0.05, 0) is 70.9 Å². The van der Waals surface area contributed by atoms with E-state index in [0.29, 0.717) is 37.9 Å². The van der Waals surface area contributed by atoms with Crippen LogP contribution in [-0.2, 0) is 30.3 Å². The summed E-state index contributed by atoms with van der Waals surface area (Å²) in [5.41, 5.74) is -0.0741. The van der Waals surface area contributed by atoms with E-state index >= 15 is 0 Å². The molecule has 2 heterocycles. The Bertz CT molecular complexity index is 1230. The van der Waals surface area contributed by atoms with Crippen LogP contribution in [0.25, 0.3) is 0 Å². The maximum Gasteiger partial charge on any atom is 0.451 e. The summed E-state index contributed by atoms with van der Waals surface area (Å²) in [4.78, 5) is 66.9. The van der Waals surface area contributed by atoms with Crippen LogP contribution < -0.4 is 16.0 Å². The first kappa shape index (κ1) is 36.9. The van der Waals surface area contributed by atoms with Crippen LogP contribution in [0.2, 0.25) is 0 Å². The molecule has 1 aromatic rings. The summed E-state index contributed by atoms with van der Waals surface area (Å²) in [6.07, 6.45) is -3.65. The molecule has 0 saturated carbocycles. The van der Waals surface area contributed by atoms with Gasteiger partial charge >= 0.3 is 18.2 Å². The third kappa shape index (κ3) is 10.8. The van der Waals surface area contributed by atoms with Gasteiger partial charge in [-0.2, -0.15) is 13.2 Å². The lowest BCUT2D eigenvalue weighted by Gasteiger charge is -2.34. The SMILES string of the molecule is CC(C)[C@H](NC(=O)N1CCC(NCC(=O)OC(C)(C)C)CC1)C(=O)NC(=O)[C@@H]1CCCN1[C@H](Cc1ccccc1)C(=O)C(F)(F)F. The maximum absolute atomic E-state index is 13.6. The summed E-state index contributed by atoms with van der Waals surface area (Å²) in [6.45, 7) is 9.63. The number of benzene rings is 1. The van der Waals surface area contributed by atoms with E-state index in [1.807, 2.05) is 0 Å². The van der Waals surface area contributed by atoms with Gasteiger partial charge in [-0.3, -0.25) is 29.4 Å². The minimum atomic E-state index is -5.10. The molecular weight excluding hydrogens is 607 g/mol. The molecule has 3 atom stereocenters. The molecule has 256 valence electrons. The van der Waals surface area contributed by atoms with Crippen molar-refractivity contribution < 1.29 is 41.9 Å². The molecular formula is C32H46F3N5O6. The number of urea groups is 1. The second-order valence-corrected chi connectivity index (χ2v) is 13.2. The van der Waals surface area contributed by atoms with Gasteiger partial charge in [0.2, 0.25) is 11.8 Å². The fraction of sp³-hybridized carbons (Fsp3) is 0.656.